The van der Waals surface area contributed by atoms with Crippen molar-refractivity contribution in [2.75, 3.05) is 30.4 Å². The van der Waals surface area contributed by atoms with E-state index in [2.05, 4.69) is 20.6 Å². The quantitative estimate of drug-likeness (QED) is 0.870. The lowest BCUT2D eigenvalue weighted by atomic mass is 9.91. The molecule has 2 aliphatic rings. The zero-order chi connectivity index (χ0) is 17.0. The van der Waals surface area contributed by atoms with Gasteiger partial charge < -0.3 is 20.1 Å². The number of anilines is 3. The third-order valence-electron chi connectivity index (χ3n) is 4.97. The van der Waals surface area contributed by atoms with Crippen LogP contribution in [0, 0.1) is 0 Å². The summed E-state index contributed by atoms with van der Waals surface area (Å²) in [4.78, 5) is 8.58. The molecule has 25 heavy (non-hydrogen) atoms. The normalized spacial score (nSPS) is 22.0. The Morgan fingerprint density at radius 2 is 1.84 bits per heavy atom. The Kier molecular flexibility index (Phi) is 4.81. The molecule has 6 nitrogen and oxygen atoms in total. The summed E-state index contributed by atoms with van der Waals surface area (Å²) in [5.74, 6) is 1.59. The molecule has 2 saturated heterocycles. The van der Waals surface area contributed by atoms with E-state index >= 15 is 0 Å². The fraction of sp³-hybridized carbons (Fsp3) is 0.474. The smallest absolute Gasteiger partial charge is 0.135 e. The molecule has 0 amide bonds. The first-order valence-electron chi connectivity index (χ1n) is 8.95. The monoisotopic (exact) mass is 340 g/mol. The SMILES string of the molecule is c1ccc(Nc2cc(NCC3CCC4(CCOCC4)O3)ncn2)cc1. The average Bonchev–Trinajstić information content (AvgIpc) is 3.04. The fourth-order valence-corrected chi connectivity index (χ4v) is 3.56. The first-order valence-corrected chi connectivity index (χ1v) is 8.95. The second-order valence-electron chi connectivity index (χ2n) is 6.73. The van der Waals surface area contributed by atoms with E-state index in [1.165, 1.54) is 0 Å². The van der Waals surface area contributed by atoms with Gasteiger partial charge in [0.15, 0.2) is 0 Å². The molecule has 1 atom stereocenters. The number of nitrogens with zero attached hydrogens (tertiary/aromatic N) is 2. The molecule has 2 aromatic rings. The Labute approximate surface area is 148 Å². The standard InChI is InChI=1S/C19H24N4O2/c1-2-4-15(5-3-1)23-18-12-17(21-14-22-18)20-13-16-6-7-19(25-16)8-10-24-11-9-19/h1-5,12,14,16H,6-11,13H2,(H2,20,21,22,23). The van der Waals surface area contributed by atoms with Crippen LogP contribution < -0.4 is 10.6 Å². The molecule has 2 aliphatic heterocycles. The minimum absolute atomic E-state index is 0.0519. The summed E-state index contributed by atoms with van der Waals surface area (Å²) in [7, 11) is 0. The van der Waals surface area contributed by atoms with Crippen LogP contribution in [0.15, 0.2) is 42.7 Å². The summed E-state index contributed by atoms with van der Waals surface area (Å²) in [6.45, 7) is 2.41. The minimum Gasteiger partial charge on any atom is -0.381 e. The van der Waals surface area contributed by atoms with E-state index in [9.17, 15) is 0 Å². The molecule has 0 aliphatic carbocycles. The number of hydrogen-bond acceptors (Lipinski definition) is 6. The van der Waals surface area contributed by atoms with Gasteiger partial charge in [-0.15, -0.1) is 0 Å². The van der Waals surface area contributed by atoms with Crippen molar-refractivity contribution in [3.05, 3.63) is 42.7 Å². The van der Waals surface area contributed by atoms with Gasteiger partial charge in [0.25, 0.3) is 0 Å². The number of ether oxygens (including phenoxy) is 2. The molecule has 1 unspecified atom stereocenters. The highest BCUT2D eigenvalue weighted by Crippen LogP contribution is 2.38. The van der Waals surface area contributed by atoms with Gasteiger partial charge in [0.05, 0.1) is 11.7 Å². The van der Waals surface area contributed by atoms with Crippen LogP contribution in [-0.4, -0.2) is 41.4 Å². The summed E-state index contributed by atoms with van der Waals surface area (Å²) >= 11 is 0. The summed E-state index contributed by atoms with van der Waals surface area (Å²) in [5, 5.41) is 6.67. The van der Waals surface area contributed by atoms with Crippen LogP contribution in [0.4, 0.5) is 17.3 Å². The number of nitrogens with one attached hydrogen (secondary N) is 2. The van der Waals surface area contributed by atoms with Gasteiger partial charge in [-0.2, -0.15) is 0 Å². The van der Waals surface area contributed by atoms with Crippen LogP contribution >= 0.6 is 0 Å². The molecule has 2 fully saturated rings. The lowest BCUT2D eigenvalue weighted by molar-refractivity contribution is -0.0998. The summed E-state index contributed by atoms with van der Waals surface area (Å²) in [5.41, 5.74) is 1.06. The van der Waals surface area contributed by atoms with Crippen LogP contribution in [0.1, 0.15) is 25.7 Å². The number of rotatable bonds is 5. The van der Waals surface area contributed by atoms with E-state index < -0.39 is 0 Å². The van der Waals surface area contributed by atoms with Crippen LogP contribution in [0.2, 0.25) is 0 Å². The summed E-state index contributed by atoms with van der Waals surface area (Å²) < 4.78 is 11.8. The molecule has 1 aromatic heterocycles. The van der Waals surface area contributed by atoms with Crippen molar-refractivity contribution in [3.8, 4) is 0 Å². The largest absolute Gasteiger partial charge is 0.381 e. The predicted molar refractivity (Wildman–Crippen MR) is 97.1 cm³/mol. The van der Waals surface area contributed by atoms with Crippen LogP contribution in [0.25, 0.3) is 0 Å². The van der Waals surface area contributed by atoms with Crippen LogP contribution in [-0.2, 0) is 9.47 Å². The Hall–Kier alpha value is -2.18. The van der Waals surface area contributed by atoms with E-state index in [0.29, 0.717) is 0 Å². The maximum Gasteiger partial charge on any atom is 0.135 e. The molecular weight excluding hydrogens is 316 g/mol. The predicted octanol–water partition coefficient (Wildman–Crippen LogP) is 3.36. The number of para-hydroxylation sites is 1. The van der Waals surface area contributed by atoms with Crippen LogP contribution in [0.5, 0.6) is 0 Å². The van der Waals surface area contributed by atoms with Crippen molar-refractivity contribution in [2.45, 2.75) is 37.4 Å². The van der Waals surface area contributed by atoms with Gasteiger partial charge in [-0.25, -0.2) is 9.97 Å². The Morgan fingerprint density at radius 3 is 2.68 bits per heavy atom. The molecule has 132 valence electrons. The first kappa shape index (κ1) is 16.3. The lowest BCUT2D eigenvalue weighted by Crippen LogP contribution is -2.37. The molecule has 0 bridgehead atoms. The Balaban J connectivity index is 1.32. The highest BCUT2D eigenvalue weighted by atomic mass is 16.5. The molecule has 1 spiro atoms. The maximum atomic E-state index is 6.34. The van der Waals surface area contributed by atoms with E-state index in [-0.39, 0.29) is 11.7 Å². The summed E-state index contributed by atoms with van der Waals surface area (Å²) in [6.07, 6.45) is 6.06. The van der Waals surface area contributed by atoms with E-state index in [1.807, 2.05) is 36.4 Å². The Morgan fingerprint density at radius 1 is 1.04 bits per heavy atom. The molecule has 3 heterocycles. The number of hydrogen-bond donors (Lipinski definition) is 2. The molecule has 6 heteroatoms. The van der Waals surface area contributed by atoms with Gasteiger partial charge in [0.1, 0.15) is 18.0 Å². The Bertz CT molecular complexity index is 689. The highest BCUT2D eigenvalue weighted by molar-refractivity contribution is 5.58. The van der Waals surface area contributed by atoms with Crippen molar-refractivity contribution in [3.63, 3.8) is 0 Å². The number of benzene rings is 1. The third-order valence-corrected chi connectivity index (χ3v) is 4.97. The van der Waals surface area contributed by atoms with Gasteiger partial charge in [0, 0.05) is 31.5 Å². The van der Waals surface area contributed by atoms with Gasteiger partial charge in [-0.05, 0) is 37.8 Å². The number of aromatic nitrogens is 2. The van der Waals surface area contributed by atoms with E-state index in [0.717, 1.165) is 62.8 Å². The fourth-order valence-electron chi connectivity index (χ4n) is 3.56. The van der Waals surface area contributed by atoms with Crippen molar-refractivity contribution in [2.24, 2.45) is 0 Å². The lowest BCUT2D eigenvalue weighted by Gasteiger charge is -2.33. The maximum absolute atomic E-state index is 6.34. The topological polar surface area (TPSA) is 68.3 Å². The summed E-state index contributed by atoms with van der Waals surface area (Å²) in [6, 6.07) is 11.9. The highest BCUT2D eigenvalue weighted by Gasteiger charge is 2.41. The molecular formula is C19H24N4O2. The molecule has 2 N–H and O–H groups in total. The zero-order valence-electron chi connectivity index (χ0n) is 14.3. The average molecular weight is 340 g/mol. The van der Waals surface area contributed by atoms with Crippen molar-refractivity contribution < 1.29 is 9.47 Å². The van der Waals surface area contributed by atoms with E-state index in [4.69, 9.17) is 9.47 Å². The molecule has 4 rings (SSSR count). The molecule has 1 aromatic carbocycles. The molecule has 0 radical (unpaired) electrons. The van der Waals surface area contributed by atoms with Crippen molar-refractivity contribution in [1.82, 2.24) is 9.97 Å². The van der Waals surface area contributed by atoms with Gasteiger partial charge in [-0.1, -0.05) is 18.2 Å². The third kappa shape index (κ3) is 4.08. The minimum atomic E-state index is 0.0519. The van der Waals surface area contributed by atoms with Crippen molar-refractivity contribution in [1.29, 1.82) is 0 Å². The second kappa shape index (κ2) is 7.37. The second-order valence-corrected chi connectivity index (χ2v) is 6.73. The molecule has 0 saturated carbocycles. The first-order chi connectivity index (χ1) is 12.3. The van der Waals surface area contributed by atoms with Gasteiger partial charge in [-0.3, -0.25) is 0 Å². The van der Waals surface area contributed by atoms with E-state index in [1.54, 1.807) is 6.33 Å². The van der Waals surface area contributed by atoms with Crippen LogP contribution in [0.3, 0.4) is 0 Å². The van der Waals surface area contributed by atoms with Crippen molar-refractivity contribution >= 4 is 17.3 Å². The zero-order valence-corrected chi connectivity index (χ0v) is 14.3. The van der Waals surface area contributed by atoms with Gasteiger partial charge >= 0.3 is 0 Å². The van der Waals surface area contributed by atoms with Gasteiger partial charge in [0.2, 0.25) is 0 Å².